The highest BCUT2D eigenvalue weighted by Crippen LogP contribution is 2.09. The summed E-state index contributed by atoms with van der Waals surface area (Å²) in [6.07, 6.45) is 0. The molecule has 0 radical (unpaired) electrons. The molecule has 0 aliphatic heterocycles. The SMILES string of the molecule is Cc1c(C(=O)NNC(=O)c2cccs2)[n+]([O-])c2ccccc2[n+]1[O-]. The Morgan fingerprint density at radius 1 is 0.958 bits per heavy atom. The Balaban J connectivity index is 1.91. The second-order valence-corrected chi connectivity index (χ2v) is 5.84. The van der Waals surface area contributed by atoms with Gasteiger partial charge in [0.15, 0.2) is 0 Å². The molecule has 122 valence electrons. The molecule has 8 nitrogen and oxygen atoms in total. The number of hydrogen-bond donors (Lipinski definition) is 2. The first-order chi connectivity index (χ1) is 11.5. The van der Waals surface area contributed by atoms with Gasteiger partial charge in [0.1, 0.15) is 0 Å². The van der Waals surface area contributed by atoms with Crippen molar-refractivity contribution in [2.75, 3.05) is 0 Å². The van der Waals surface area contributed by atoms with Crippen molar-refractivity contribution in [3.8, 4) is 0 Å². The summed E-state index contributed by atoms with van der Waals surface area (Å²) in [4.78, 5) is 24.5. The lowest BCUT2D eigenvalue weighted by Gasteiger charge is -2.11. The van der Waals surface area contributed by atoms with Gasteiger partial charge in [-0.25, -0.2) is 0 Å². The maximum absolute atomic E-state index is 12.4. The van der Waals surface area contributed by atoms with Crippen LogP contribution in [0.4, 0.5) is 0 Å². The topological polar surface area (TPSA) is 112 Å². The fraction of sp³-hybridized carbons (Fsp3) is 0.0667. The zero-order valence-electron chi connectivity index (χ0n) is 12.5. The van der Waals surface area contributed by atoms with Gasteiger partial charge in [-0.2, -0.15) is 4.73 Å². The molecule has 0 saturated heterocycles. The fourth-order valence-corrected chi connectivity index (χ4v) is 2.87. The number of carbonyl (C=O) groups excluding carboxylic acids is 2. The van der Waals surface area contributed by atoms with Gasteiger partial charge in [0.25, 0.3) is 22.6 Å². The number of aromatic nitrogens is 2. The molecule has 0 unspecified atom stereocenters. The van der Waals surface area contributed by atoms with Gasteiger partial charge in [0.2, 0.25) is 0 Å². The van der Waals surface area contributed by atoms with E-state index in [2.05, 4.69) is 10.9 Å². The average molecular weight is 344 g/mol. The number of para-hydroxylation sites is 2. The van der Waals surface area contributed by atoms with Crippen molar-refractivity contribution in [3.63, 3.8) is 0 Å². The van der Waals surface area contributed by atoms with Crippen molar-refractivity contribution >= 4 is 34.2 Å². The molecule has 3 rings (SSSR count). The van der Waals surface area contributed by atoms with Crippen LogP contribution < -0.4 is 20.3 Å². The van der Waals surface area contributed by atoms with E-state index in [1.54, 1.807) is 29.6 Å². The van der Waals surface area contributed by atoms with Gasteiger partial charge >= 0.3 is 11.6 Å². The van der Waals surface area contributed by atoms with Crippen LogP contribution in [0.5, 0.6) is 0 Å². The van der Waals surface area contributed by atoms with Crippen molar-refractivity contribution in [2.24, 2.45) is 0 Å². The van der Waals surface area contributed by atoms with E-state index in [4.69, 9.17) is 0 Å². The molecule has 2 heterocycles. The highest BCUT2D eigenvalue weighted by molar-refractivity contribution is 7.12. The molecule has 2 N–H and O–H groups in total. The molecule has 0 saturated carbocycles. The van der Waals surface area contributed by atoms with Crippen LogP contribution in [0.3, 0.4) is 0 Å². The third-order valence-corrected chi connectivity index (χ3v) is 4.29. The van der Waals surface area contributed by atoms with E-state index in [9.17, 15) is 20.0 Å². The number of rotatable bonds is 2. The number of thiophene rings is 1. The summed E-state index contributed by atoms with van der Waals surface area (Å²) in [6, 6.07) is 9.43. The molecule has 0 atom stereocenters. The first-order valence-corrected chi connectivity index (χ1v) is 7.77. The summed E-state index contributed by atoms with van der Waals surface area (Å²) in [5.74, 6) is -1.38. The molecule has 0 fully saturated rings. The summed E-state index contributed by atoms with van der Waals surface area (Å²) in [6.45, 7) is 1.36. The smallest absolute Gasteiger partial charge is 0.352 e. The van der Waals surface area contributed by atoms with E-state index in [0.717, 1.165) is 0 Å². The summed E-state index contributed by atoms with van der Waals surface area (Å²) in [7, 11) is 0. The Kier molecular flexibility index (Phi) is 4.00. The van der Waals surface area contributed by atoms with Gasteiger partial charge < -0.3 is 10.4 Å². The number of nitrogens with one attached hydrogen (secondary N) is 2. The van der Waals surface area contributed by atoms with Crippen LogP contribution in [0.1, 0.15) is 25.9 Å². The monoisotopic (exact) mass is 344 g/mol. The minimum Gasteiger partial charge on any atom is -0.618 e. The molecule has 0 aliphatic carbocycles. The molecule has 0 bridgehead atoms. The third-order valence-electron chi connectivity index (χ3n) is 3.42. The quantitative estimate of drug-likeness (QED) is 0.402. The zero-order valence-corrected chi connectivity index (χ0v) is 13.3. The minimum atomic E-state index is -0.872. The van der Waals surface area contributed by atoms with Crippen LogP contribution in [0, 0.1) is 17.3 Å². The van der Waals surface area contributed by atoms with Crippen molar-refractivity contribution in [2.45, 2.75) is 6.92 Å². The Bertz CT molecular complexity index is 940. The Labute approximate surface area is 140 Å². The van der Waals surface area contributed by atoms with Crippen LogP contribution >= 0.6 is 11.3 Å². The standard InChI is InChI=1S/C15H12N4O4S/c1-9-13(15(21)17-16-14(20)12-7-4-8-24-12)19(23)11-6-3-2-5-10(11)18(9)22/h2-8H,1H3,(H,16,20)(H,17,21). The lowest BCUT2D eigenvalue weighted by Crippen LogP contribution is -2.51. The zero-order chi connectivity index (χ0) is 17.3. The highest BCUT2D eigenvalue weighted by Gasteiger charge is 2.30. The summed E-state index contributed by atoms with van der Waals surface area (Å²) >= 11 is 1.20. The average Bonchev–Trinajstić information content (AvgIpc) is 3.12. The van der Waals surface area contributed by atoms with Crippen LogP contribution in [-0.2, 0) is 0 Å². The molecule has 2 aromatic heterocycles. The van der Waals surface area contributed by atoms with E-state index in [1.165, 1.54) is 30.4 Å². The lowest BCUT2D eigenvalue weighted by atomic mass is 10.2. The molecular formula is C15H12N4O4S. The summed E-state index contributed by atoms with van der Waals surface area (Å²) in [5.41, 5.74) is 4.15. The predicted octanol–water partition coefficient (Wildman–Crippen LogP) is 0.551. The van der Waals surface area contributed by atoms with Gasteiger partial charge in [-0.15, -0.1) is 16.1 Å². The fourth-order valence-electron chi connectivity index (χ4n) is 2.25. The van der Waals surface area contributed by atoms with Crippen LogP contribution in [0.15, 0.2) is 41.8 Å². The number of carbonyl (C=O) groups is 2. The van der Waals surface area contributed by atoms with Gasteiger partial charge in [0, 0.05) is 19.1 Å². The molecular weight excluding hydrogens is 332 g/mol. The lowest BCUT2D eigenvalue weighted by molar-refractivity contribution is -0.635. The molecule has 0 aliphatic rings. The number of benzene rings is 1. The van der Waals surface area contributed by atoms with E-state index < -0.39 is 11.8 Å². The Morgan fingerprint density at radius 3 is 2.21 bits per heavy atom. The Morgan fingerprint density at radius 2 is 1.58 bits per heavy atom. The van der Waals surface area contributed by atoms with E-state index in [0.29, 0.717) is 14.3 Å². The summed E-state index contributed by atoms with van der Waals surface area (Å²) < 4.78 is 0.894. The number of amides is 2. The van der Waals surface area contributed by atoms with Gasteiger partial charge in [-0.1, -0.05) is 18.2 Å². The second-order valence-electron chi connectivity index (χ2n) is 4.90. The molecule has 9 heteroatoms. The highest BCUT2D eigenvalue weighted by atomic mass is 32.1. The third kappa shape index (κ3) is 2.61. The number of fused-ring (bicyclic) bond motifs is 1. The van der Waals surface area contributed by atoms with Crippen molar-refractivity contribution < 1.29 is 19.0 Å². The normalized spacial score (nSPS) is 10.5. The first kappa shape index (κ1) is 15.7. The van der Waals surface area contributed by atoms with Gasteiger partial charge in [0.05, 0.1) is 4.88 Å². The maximum atomic E-state index is 12.4. The Hall–Kier alpha value is -3.20. The largest absolute Gasteiger partial charge is 0.618 e. The van der Waals surface area contributed by atoms with E-state index in [1.807, 2.05) is 0 Å². The number of hydrazine groups is 1. The van der Waals surface area contributed by atoms with Crippen molar-refractivity contribution in [1.82, 2.24) is 10.9 Å². The molecule has 1 aromatic carbocycles. The summed E-state index contributed by atoms with van der Waals surface area (Å²) in [5, 5.41) is 26.4. The maximum Gasteiger partial charge on any atom is 0.352 e. The number of hydrogen-bond acceptors (Lipinski definition) is 5. The predicted molar refractivity (Wildman–Crippen MR) is 85.9 cm³/mol. The molecule has 2 amide bonds. The molecule has 0 spiro atoms. The van der Waals surface area contributed by atoms with Crippen LogP contribution in [0.25, 0.3) is 11.0 Å². The number of nitrogens with zero attached hydrogens (tertiary/aromatic N) is 2. The van der Waals surface area contributed by atoms with Crippen LogP contribution in [-0.4, -0.2) is 11.8 Å². The van der Waals surface area contributed by atoms with Crippen molar-refractivity contribution in [1.29, 1.82) is 0 Å². The molecule has 3 aromatic rings. The van der Waals surface area contributed by atoms with Crippen molar-refractivity contribution in [3.05, 3.63) is 68.5 Å². The first-order valence-electron chi connectivity index (χ1n) is 6.89. The molecule has 24 heavy (non-hydrogen) atoms. The van der Waals surface area contributed by atoms with Gasteiger partial charge in [-0.05, 0) is 11.4 Å². The van der Waals surface area contributed by atoms with E-state index >= 15 is 0 Å². The minimum absolute atomic E-state index is 0.0628. The van der Waals surface area contributed by atoms with Crippen LogP contribution in [0.2, 0.25) is 0 Å². The van der Waals surface area contributed by atoms with E-state index in [-0.39, 0.29) is 22.4 Å². The second kappa shape index (κ2) is 6.13. The van der Waals surface area contributed by atoms with Gasteiger partial charge in [-0.3, -0.25) is 20.4 Å².